The first-order valence-electron chi connectivity index (χ1n) is 5.47. The molecule has 19 heavy (non-hydrogen) atoms. The minimum atomic E-state index is -3.72. The van der Waals surface area contributed by atoms with Crippen LogP contribution < -0.4 is 10.5 Å². The zero-order valence-electron chi connectivity index (χ0n) is 10.1. The highest BCUT2D eigenvalue weighted by atomic mass is 35.5. The Kier molecular flexibility index (Phi) is 3.79. The van der Waals surface area contributed by atoms with Crippen molar-refractivity contribution in [1.29, 1.82) is 0 Å². The fourth-order valence-electron chi connectivity index (χ4n) is 1.64. The quantitative estimate of drug-likeness (QED) is 0.799. The van der Waals surface area contributed by atoms with Gasteiger partial charge in [-0.25, -0.2) is 13.1 Å². The van der Waals surface area contributed by atoms with Crippen LogP contribution in [0.15, 0.2) is 35.4 Å². The Labute approximate surface area is 116 Å². The summed E-state index contributed by atoms with van der Waals surface area (Å²) in [7, 11) is -3.72. The fraction of sp³-hybridized carbons (Fsp3) is 0.182. The molecule has 1 atom stereocenters. The third kappa shape index (κ3) is 3.06. The highest BCUT2D eigenvalue weighted by Gasteiger charge is 2.22. The second-order valence-electron chi connectivity index (χ2n) is 4.05. The molecule has 0 aliphatic rings. The monoisotopic (exact) mass is 300 g/mol. The smallest absolute Gasteiger partial charge is 0.246 e. The highest BCUT2D eigenvalue weighted by molar-refractivity contribution is 7.89. The second kappa shape index (κ2) is 5.20. The number of sulfonamides is 1. The first-order valence-corrected chi connectivity index (χ1v) is 7.33. The lowest BCUT2D eigenvalue weighted by Crippen LogP contribution is -2.27. The molecule has 0 aliphatic carbocycles. The number of nitrogens with one attached hydrogen (secondary N) is 2. The van der Waals surface area contributed by atoms with Crippen LogP contribution in [0.5, 0.6) is 0 Å². The third-order valence-corrected chi connectivity index (χ3v) is 4.41. The molecule has 102 valence electrons. The summed E-state index contributed by atoms with van der Waals surface area (Å²) < 4.78 is 26.7. The number of aromatic nitrogens is 2. The van der Waals surface area contributed by atoms with Gasteiger partial charge in [-0.05, 0) is 24.6 Å². The summed E-state index contributed by atoms with van der Waals surface area (Å²) in [4.78, 5) is -0.0682. The number of nitrogens with two attached hydrogens (primary N) is 1. The highest BCUT2D eigenvalue weighted by Crippen LogP contribution is 2.21. The molecule has 1 unspecified atom stereocenters. The summed E-state index contributed by atoms with van der Waals surface area (Å²) in [5.41, 5.74) is 6.27. The van der Waals surface area contributed by atoms with Gasteiger partial charge in [0, 0.05) is 11.1 Å². The van der Waals surface area contributed by atoms with E-state index >= 15 is 0 Å². The third-order valence-electron chi connectivity index (χ3n) is 2.60. The number of nitrogens with zero attached hydrogens (tertiary/aromatic N) is 1. The molecule has 4 N–H and O–H groups in total. The van der Waals surface area contributed by atoms with E-state index in [1.807, 2.05) is 0 Å². The first kappa shape index (κ1) is 13.9. The zero-order valence-corrected chi connectivity index (χ0v) is 11.7. The van der Waals surface area contributed by atoms with Crippen LogP contribution in [0.4, 0.5) is 5.82 Å². The predicted molar refractivity (Wildman–Crippen MR) is 73.2 cm³/mol. The van der Waals surface area contributed by atoms with Gasteiger partial charge in [0.25, 0.3) is 0 Å². The summed E-state index contributed by atoms with van der Waals surface area (Å²) >= 11 is 5.87. The SMILES string of the molecule is CC(NS(=O)(=O)c1cn[nH]c1N)c1cccc(Cl)c1. The normalized spacial score (nSPS) is 13.4. The number of H-pyrrole nitrogens is 1. The van der Waals surface area contributed by atoms with Crippen molar-refractivity contribution in [1.82, 2.24) is 14.9 Å². The molecule has 8 heteroatoms. The number of nitrogen functional groups attached to an aromatic ring is 1. The average Bonchev–Trinajstić information content (AvgIpc) is 2.75. The van der Waals surface area contributed by atoms with E-state index in [9.17, 15) is 8.42 Å². The Hall–Kier alpha value is -1.57. The zero-order chi connectivity index (χ0) is 14.0. The minimum absolute atomic E-state index is 0.00536. The van der Waals surface area contributed by atoms with Crippen molar-refractivity contribution < 1.29 is 8.42 Å². The number of aromatic amines is 1. The molecule has 0 spiro atoms. The molecule has 0 radical (unpaired) electrons. The molecule has 1 aromatic heterocycles. The van der Waals surface area contributed by atoms with Gasteiger partial charge >= 0.3 is 0 Å². The standard InChI is InChI=1S/C11H13ClN4O2S/c1-7(8-3-2-4-9(12)5-8)16-19(17,18)10-6-14-15-11(10)13/h2-7,16H,1H3,(H3,13,14,15). The molecule has 0 aliphatic heterocycles. The number of hydrogen-bond acceptors (Lipinski definition) is 4. The Morgan fingerprint density at radius 2 is 2.21 bits per heavy atom. The number of hydrogen-bond donors (Lipinski definition) is 3. The van der Waals surface area contributed by atoms with Crippen LogP contribution in [0.1, 0.15) is 18.5 Å². The minimum Gasteiger partial charge on any atom is -0.383 e. The largest absolute Gasteiger partial charge is 0.383 e. The van der Waals surface area contributed by atoms with E-state index in [-0.39, 0.29) is 10.7 Å². The van der Waals surface area contributed by atoms with Crippen LogP contribution in [0, 0.1) is 0 Å². The molecule has 0 bridgehead atoms. The van der Waals surface area contributed by atoms with E-state index in [1.54, 1.807) is 31.2 Å². The number of rotatable bonds is 4. The summed E-state index contributed by atoms with van der Waals surface area (Å²) in [6, 6.07) is 6.54. The van der Waals surface area contributed by atoms with E-state index in [0.717, 1.165) is 5.56 Å². The lowest BCUT2D eigenvalue weighted by atomic mass is 10.1. The molecule has 1 aromatic carbocycles. The molecule has 2 rings (SSSR count). The van der Waals surface area contributed by atoms with Crippen LogP contribution in [0.25, 0.3) is 0 Å². The van der Waals surface area contributed by atoms with Crippen molar-refractivity contribution in [2.75, 3.05) is 5.73 Å². The Balaban J connectivity index is 2.24. The lowest BCUT2D eigenvalue weighted by molar-refractivity contribution is 0.567. The molecule has 0 fully saturated rings. The van der Waals surface area contributed by atoms with Crippen LogP contribution >= 0.6 is 11.6 Å². The number of halogens is 1. The summed E-state index contributed by atoms with van der Waals surface area (Å²) in [6.07, 6.45) is 1.17. The first-order chi connectivity index (χ1) is 8.90. The van der Waals surface area contributed by atoms with E-state index in [2.05, 4.69) is 14.9 Å². The molecule has 0 amide bonds. The van der Waals surface area contributed by atoms with Crippen LogP contribution in [0.2, 0.25) is 5.02 Å². The molecule has 1 heterocycles. The van der Waals surface area contributed by atoms with Gasteiger partial charge in [0.1, 0.15) is 10.7 Å². The molecular weight excluding hydrogens is 288 g/mol. The Morgan fingerprint density at radius 1 is 1.47 bits per heavy atom. The van der Waals surface area contributed by atoms with Gasteiger partial charge in [0.05, 0.1) is 6.20 Å². The van der Waals surface area contributed by atoms with Gasteiger partial charge in [-0.1, -0.05) is 23.7 Å². The second-order valence-corrected chi connectivity index (χ2v) is 6.16. The summed E-state index contributed by atoms with van der Waals surface area (Å²) in [6.45, 7) is 1.72. The topological polar surface area (TPSA) is 101 Å². The van der Waals surface area contributed by atoms with Gasteiger partial charge in [-0.2, -0.15) is 5.10 Å². The Morgan fingerprint density at radius 3 is 2.79 bits per heavy atom. The fourth-order valence-corrected chi connectivity index (χ4v) is 3.09. The van der Waals surface area contributed by atoms with E-state index in [0.29, 0.717) is 5.02 Å². The maximum absolute atomic E-state index is 12.1. The van der Waals surface area contributed by atoms with Gasteiger partial charge in [0.15, 0.2) is 0 Å². The molecule has 2 aromatic rings. The predicted octanol–water partition coefficient (Wildman–Crippen LogP) is 1.68. The van der Waals surface area contributed by atoms with Crippen LogP contribution in [0.3, 0.4) is 0 Å². The molecule has 0 saturated heterocycles. The van der Waals surface area contributed by atoms with E-state index in [1.165, 1.54) is 6.20 Å². The van der Waals surface area contributed by atoms with Gasteiger partial charge in [-0.3, -0.25) is 5.10 Å². The summed E-state index contributed by atoms with van der Waals surface area (Å²) in [5.74, 6) is 0.00536. The Bertz CT molecular complexity index is 684. The number of anilines is 1. The van der Waals surface area contributed by atoms with E-state index in [4.69, 9.17) is 17.3 Å². The lowest BCUT2D eigenvalue weighted by Gasteiger charge is -2.14. The van der Waals surface area contributed by atoms with Gasteiger partial charge in [-0.15, -0.1) is 0 Å². The van der Waals surface area contributed by atoms with Crippen molar-refractivity contribution in [2.24, 2.45) is 0 Å². The van der Waals surface area contributed by atoms with Crippen molar-refractivity contribution in [2.45, 2.75) is 17.9 Å². The molecule has 0 saturated carbocycles. The average molecular weight is 301 g/mol. The maximum atomic E-state index is 12.1. The molecular formula is C11H13ClN4O2S. The number of benzene rings is 1. The summed E-state index contributed by atoms with van der Waals surface area (Å²) in [5, 5.41) is 6.52. The van der Waals surface area contributed by atoms with Crippen LogP contribution in [-0.2, 0) is 10.0 Å². The molecule has 6 nitrogen and oxygen atoms in total. The van der Waals surface area contributed by atoms with Crippen molar-refractivity contribution in [3.63, 3.8) is 0 Å². The van der Waals surface area contributed by atoms with Crippen LogP contribution in [-0.4, -0.2) is 18.6 Å². The van der Waals surface area contributed by atoms with Crippen molar-refractivity contribution >= 4 is 27.4 Å². The van der Waals surface area contributed by atoms with Gasteiger partial charge < -0.3 is 5.73 Å². The van der Waals surface area contributed by atoms with Crippen molar-refractivity contribution in [3.8, 4) is 0 Å². The van der Waals surface area contributed by atoms with E-state index < -0.39 is 16.1 Å². The van der Waals surface area contributed by atoms with Gasteiger partial charge in [0.2, 0.25) is 10.0 Å². The van der Waals surface area contributed by atoms with Crippen molar-refractivity contribution in [3.05, 3.63) is 41.0 Å². The maximum Gasteiger partial charge on any atom is 0.246 e.